The van der Waals surface area contributed by atoms with Crippen LogP contribution in [-0.4, -0.2) is 29.3 Å². The summed E-state index contributed by atoms with van der Waals surface area (Å²) in [5, 5.41) is 21.5. The zero-order valence-corrected chi connectivity index (χ0v) is 11.2. The molecule has 6 nitrogen and oxygen atoms in total. The number of hydrogen-bond acceptors (Lipinski definition) is 5. The van der Waals surface area contributed by atoms with Gasteiger partial charge in [0.2, 0.25) is 0 Å². The molecule has 0 heterocycles. The average Bonchev–Trinajstić information content (AvgIpc) is 2.45. The van der Waals surface area contributed by atoms with Gasteiger partial charge in [0, 0.05) is 24.4 Å². The molecule has 0 bridgehead atoms. The number of carbonyl (C=O) groups is 1. The molecule has 0 saturated carbocycles. The molecule has 0 aromatic heterocycles. The molecule has 0 aliphatic heterocycles. The number of nitrogens with one attached hydrogen (secondary N) is 1. The van der Waals surface area contributed by atoms with Gasteiger partial charge in [0.05, 0.1) is 5.56 Å². The van der Waals surface area contributed by atoms with Crippen LogP contribution in [0.1, 0.15) is 10.4 Å². The molecule has 0 atom stereocenters. The van der Waals surface area contributed by atoms with E-state index in [0.29, 0.717) is 24.6 Å². The fraction of sp³-hybridized carbons (Fsp3) is 0.133. The average molecular weight is 288 g/mol. The Balaban J connectivity index is 2.12. The third-order valence-corrected chi connectivity index (χ3v) is 2.70. The first kappa shape index (κ1) is 14.7. The molecule has 1 amide bonds. The standard InChI is InChI=1S/C15H16N2O4/c16-6-7-21-12-3-1-2-10(8-12)17-15(20)13-5-4-11(18)9-14(13)19/h1-5,8-9,18-19H,6-7,16H2,(H,17,20). The maximum Gasteiger partial charge on any atom is 0.259 e. The summed E-state index contributed by atoms with van der Waals surface area (Å²) in [6.07, 6.45) is 0. The van der Waals surface area contributed by atoms with Crippen molar-refractivity contribution in [2.24, 2.45) is 5.73 Å². The van der Waals surface area contributed by atoms with E-state index in [0.717, 1.165) is 6.07 Å². The van der Waals surface area contributed by atoms with Crippen molar-refractivity contribution in [3.63, 3.8) is 0 Å². The van der Waals surface area contributed by atoms with E-state index in [1.807, 2.05) is 0 Å². The first-order valence-corrected chi connectivity index (χ1v) is 6.36. The van der Waals surface area contributed by atoms with E-state index >= 15 is 0 Å². The summed E-state index contributed by atoms with van der Waals surface area (Å²) < 4.78 is 5.36. The Bertz CT molecular complexity index is 643. The van der Waals surface area contributed by atoms with Gasteiger partial charge in [0.1, 0.15) is 23.9 Å². The molecule has 0 radical (unpaired) electrons. The molecule has 110 valence electrons. The summed E-state index contributed by atoms with van der Waals surface area (Å²) in [7, 11) is 0. The fourth-order valence-electron chi connectivity index (χ4n) is 1.75. The van der Waals surface area contributed by atoms with Crippen LogP contribution in [0.2, 0.25) is 0 Å². The lowest BCUT2D eigenvalue weighted by molar-refractivity contribution is 0.102. The van der Waals surface area contributed by atoms with E-state index < -0.39 is 5.91 Å². The molecule has 0 saturated heterocycles. The molecule has 0 aliphatic rings. The lowest BCUT2D eigenvalue weighted by Gasteiger charge is -2.09. The van der Waals surface area contributed by atoms with Crippen LogP contribution in [0.3, 0.4) is 0 Å². The second kappa shape index (κ2) is 6.62. The molecule has 2 aromatic rings. The van der Waals surface area contributed by atoms with E-state index in [1.54, 1.807) is 24.3 Å². The van der Waals surface area contributed by atoms with E-state index in [-0.39, 0.29) is 17.1 Å². The fourth-order valence-corrected chi connectivity index (χ4v) is 1.75. The number of rotatable bonds is 5. The number of benzene rings is 2. The van der Waals surface area contributed by atoms with E-state index in [1.165, 1.54) is 12.1 Å². The van der Waals surface area contributed by atoms with Gasteiger partial charge < -0.3 is 26.0 Å². The van der Waals surface area contributed by atoms with Gasteiger partial charge in [-0.15, -0.1) is 0 Å². The number of nitrogens with two attached hydrogens (primary N) is 1. The zero-order valence-electron chi connectivity index (χ0n) is 11.2. The summed E-state index contributed by atoms with van der Waals surface area (Å²) in [6, 6.07) is 10.6. The van der Waals surface area contributed by atoms with Gasteiger partial charge in [0.15, 0.2) is 0 Å². The normalized spacial score (nSPS) is 10.1. The SMILES string of the molecule is NCCOc1cccc(NC(=O)c2ccc(O)cc2O)c1. The van der Waals surface area contributed by atoms with E-state index in [2.05, 4.69) is 5.32 Å². The zero-order chi connectivity index (χ0) is 15.2. The number of aromatic hydroxyl groups is 2. The monoisotopic (exact) mass is 288 g/mol. The number of phenols is 2. The molecule has 0 spiro atoms. The van der Waals surface area contributed by atoms with Crippen molar-refractivity contribution in [1.29, 1.82) is 0 Å². The third-order valence-electron chi connectivity index (χ3n) is 2.70. The largest absolute Gasteiger partial charge is 0.508 e. The van der Waals surface area contributed by atoms with Crippen molar-refractivity contribution in [2.75, 3.05) is 18.5 Å². The smallest absolute Gasteiger partial charge is 0.259 e. The van der Waals surface area contributed by atoms with Crippen molar-refractivity contribution >= 4 is 11.6 Å². The molecular weight excluding hydrogens is 272 g/mol. The molecule has 5 N–H and O–H groups in total. The highest BCUT2D eigenvalue weighted by atomic mass is 16.5. The van der Waals surface area contributed by atoms with Crippen LogP contribution in [0.25, 0.3) is 0 Å². The van der Waals surface area contributed by atoms with Crippen molar-refractivity contribution in [2.45, 2.75) is 0 Å². The van der Waals surface area contributed by atoms with Crippen molar-refractivity contribution < 1.29 is 19.7 Å². The van der Waals surface area contributed by atoms with Gasteiger partial charge in [-0.2, -0.15) is 0 Å². The van der Waals surface area contributed by atoms with Crippen molar-refractivity contribution in [3.8, 4) is 17.2 Å². The minimum atomic E-state index is -0.483. The van der Waals surface area contributed by atoms with Crippen LogP contribution in [0.5, 0.6) is 17.2 Å². The maximum atomic E-state index is 12.1. The predicted octanol–water partition coefficient (Wildman–Crippen LogP) is 1.69. The van der Waals surface area contributed by atoms with Gasteiger partial charge in [-0.1, -0.05) is 6.07 Å². The molecule has 0 fully saturated rings. The topological polar surface area (TPSA) is 105 Å². The van der Waals surface area contributed by atoms with E-state index in [9.17, 15) is 15.0 Å². The highest BCUT2D eigenvalue weighted by Gasteiger charge is 2.12. The van der Waals surface area contributed by atoms with Gasteiger partial charge >= 0.3 is 0 Å². The Morgan fingerprint density at radius 3 is 2.71 bits per heavy atom. The Morgan fingerprint density at radius 2 is 2.00 bits per heavy atom. The Morgan fingerprint density at radius 1 is 1.19 bits per heavy atom. The van der Waals surface area contributed by atoms with Crippen LogP contribution >= 0.6 is 0 Å². The minimum Gasteiger partial charge on any atom is -0.508 e. The van der Waals surface area contributed by atoms with Crippen LogP contribution in [-0.2, 0) is 0 Å². The van der Waals surface area contributed by atoms with Crippen molar-refractivity contribution in [1.82, 2.24) is 0 Å². The molecule has 21 heavy (non-hydrogen) atoms. The highest BCUT2D eigenvalue weighted by Crippen LogP contribution is 2.24. The second-order valence-electron chi connectivity index (χ2n) is 4.32. The molecule has 2 aromatic carbocycles. The molecule has 2 rings (SSSR count). The first-order chi connectivity index (χ1) is 10.1. The Hall–Kier alpha value is -2.73. The Kier molecular flexibility index (Phi) is 4.63. The molecule has 6 heteroatoms. The second-order valence-corrected chi connectivity index (χ2v) is 4.32. The number of phenolic OH excluding ortho intramolecular Hbond substituents is 2. The summed E-state index contributed by atoms with van der Waals surface area (Å²) in [4.78, 5) is 12.1. The molecule has 0 unspecified atom stereocenters. The highest BCUT2D eigenvalue weighted by molar-refractivity contribution is 6.06. The van der Waals surface area contributed by atoms with Gasteiger partial charge in [-0.25, -0.2) is 0 Å². The number of anilines is 1. The summed E-state index contributed by atoms with van der Waals surface area (Å²) in [5.41, 5.74) is 5.96. The van der Waals surface area contributed by atoms with Crippen LogP contribution in [0.4, 0.5) is 5.69 Å². The number of amides is 1. The summed E-state index contributed by atoms with van der Waals surface area (Å²) in [5.74, 6) is -0.291. The first-order valence-electron chi connectivity index (χ1n) is 6.36. The van der Waals surface area contributed by atoms with Gasteiger partial charge in [-0.05, 0) is 24.3 Å². The van der Waals surface area contributed by atoms with Crippen molar-refractivity contribution in [3.05, 3.63) is 48.0 Å². The number of hydrogen-bond donors (Lipinski definition) is 4. The number of ether oxygens (including phenoxy) is 1. The van der Waals surface area contributed by atoms with Crippen LogP contribution in [0, 0.1) is 0 Å². The van der Waals surface area contributed by atoms with Gasteiger partial charge in [0.25, 0.3) is 5.91 Å². The summed E-state index contributed by atoms with van der Waals surface area (Å²) >= 11 is 0. The lowest BCUT2D eigenvalue weighted by atomic mass is 10.1. The lowest BCUT2D eigenvalue weighted by Crippen LogP contribution is -2.13. The third kappa shape index (κ3) is 3.87. The van der Waals surface area contributed by atoms with Gasteiger partial charge in [-0.3, -0.25) is 4.79 Å². The molecule has 0 aliphatic carbocycles. The number of carbonyl (C=O) groups excluding carboxylic acids is 1. The van der Waals surface area contributed by atoms with Crippen LogP contribution in [0.15, 0.2) is 42.5 Å². The van der Waals surface area contributed by atoms with E-state index in [4.69, 9.17) is 10.5 Å². The maximum absolute atomic E-state index is 12.1. The summed E-state index contributed by atoms with van der Waals surface area (Å²) in [6.45, 7) is 0.786. The Labute approximate surface area is 121 Å². The predicted molar refractivity (Wildman–Crippen MR) is 78.7 cm³/mol. The van der Waals surface area contributed by atoms with Crippen LogP contribution < -0.4 is 15.8 Å². The quantitative estimate of drug-likeness (QED) is 0.670. The minimum absolute atomic E-state index is 0.0704. The molecular formula is C15H16N2O4.